The molecule has 1 N–H and O–H groups in total. The van der Waals surface area contributed by atoms with Gasteiger partial charge in [0.2, 0.25) is 5.91 Å². The topological polar surface area (TPSA) is 72.5 Å². The zero-order chi connectivity index (χ0) is 26.0. The summed E-state index contributed by atoms with van der Waals surface area (Å²) in [5.41, 5.74) is 1.08. The lowest BCUT2D eigenvalue weighted by molar-refractivity contribution is -0.127. The minimum atomic E-state index is -0.325. The molecule has 0 spiro atoms. The van der Waals surface area contributed by atoms with Crippen molar-refractivity contribution in [1.29, 1.82) is 0 Å². The molecule has 2 aromatic carbocycles. The van der Waals surface area contributed by atoms with Crippen LogP contribution < -0.4 is 19.5 Å². The summed E-state index contributed by atoms with van der Waals surface area (Å²) in [4.78, 5) is 17.8. The second-order valence-corrected chi connectivity index (χ2v) is 9.70. The molecule has 0 aromatic heterocycles. The highest BCUT2D eigenvalue weighted by Gasteiger charge is 2.32. The van der Waals surface area contributed by atoms with E-state index >= 15 is 0 Å². The second kappa shape index (κ2) is 13.6. The van der Waals surface area contributed by atoms with Gasteiger partial charge in [-0.2, -0.15) is 0 Å². The molecular formula is C28H38FN3O5. The predicted molar refractivity (Wildman–Crippen MR) is 139 cm³/mol. The van der Waals surface area contributed by atoms with Crippen LogP contribution in [0.15, 0.2) is 42.5 Å². The first kappa shape index (κ1) is 27.2. The van der Waals surface area contributed by atoms with E-state index in [1.54, 1.807) is 26.4 Å². The van der Waals surface area contributed by atoms with Gasteiger partial charge in [0, 0.05) is 57.8 Å². The van der Waals surface area contributed by atoms with E-state index in [1.165, 1.54) is 12.1 Å². The van der Waals surface area contributed by atoms with E-state index in [0.29, 0.717) is 43.5 Å². The number of carbonyl (C=O) groups excluding carboxylic acids is 1. The van der Waals surface area contributed by atoms with Crippen LogP contribution in [-0.2, 0) is 16.1 Å². The average Bonchev–Trinajstić information content (AvgIpc) is 2.92. The molecule has 2 atom stereocenters. The Bertz CT molecular complexity index is 1020. The molecule has 1 amide bonds. The summed E-state index contributed by atoms with van der Waals surface area (Å²) in [6, 6.07) is 12.1. The van der Waals surface area contributed by atoms with Crippen LogP contribution in [0.4, 0.5) is 4.39 Å². The van der Waals surface area contributed by atoms with Crippen molar-refractivity contribution in [3.8, 4) is 17.2 Å². The Morgan fingerprint density at radius 3 is 2.62 bits per heavy atom. The van der Waals surface area contributed by atoms with Gasteiger partial charge in [0.1, 0.15) is 11.6 Å². The number of carbonyl (C=O) groups is 1. The Morgan fingerprint density at radius 2 is 1.86 bits per heavy atom. The largest absolute Gasteiger partial charge is 0.493 e. The number of nitrogens with one attached hydrogen (secondary N) is 1. The van der Waals surface area contributed by atoms with Crippen LogP contribution >= 0.6 is 0 Å². The molecule has 2 aliphatic rings. The third kappa shape index (κ3) is 8.05. The number of amides is 1. The minimum Gasteiger partial charge on any atom is -0.493 e. The molecule has 2 heterocycles. The molecule has 2 aromatic rings. The predicted octanol–water partition coefficient (Wildman–Crippen LogP) is 2.81. The Labute approximate surface area is 218 Å². The number of ether oxygens (including phenoxy) is 4. The molecule has 0 aliphatic carbocycles. The van der Waals surface area contributed by atoms with Crippen LogP contribution in [-0.4, -0.2) is 89.0 Å². The van der Waals surface area contributed by atoms with Crippen molar-refractivity contribution in [3.05, 3.63) is 53.8 Å². The normalized spacial score (nSPS) is 20.8. The van der Waals surface area contributed by atoms with E-state index in [2.05, 4.69) is 15.1 Å². The molecular weight excluding hydrogens is 477 g/mol. The molecule has 9 heteroatoms. The van der Waals surface area contributed by atoms with Gasteiger partial charge in [-0.15, -0.1) is 0 Å². The summed E-state index contributed by atoms with van der Waals surface area (Å²) < 4.78 is 35.8. The fraction of sp³-hybridized carbons (Fsp3) is 0.536. The SMILES string of the molecule is COc1ccc(CN2C[C@@H](COc3cccc(F)c3)C[C@@H](C(=O)NCCN3CCOCC3)C2)cc1OC. The molecule has 0 bridgehead atoms. The molecule has 2 fully saturated rings. The maximum atomic E-state index is 13.6. The molecule has 4 rings (SSSR count). The second-order valence-electron chi connectivity index (χ2n) is 9.70. The van der Waals surface area contributed by atoms with Crippen molar-refractivity contribution in [2.24, 2.45) is 11.8 Å². The quantitative estimate of drug-likeness (QED) is 0.494. The molecule has 2 aliphatic heterocycles. The smallest absolute Gasteiger partial charge is 0.224 e. The van der Waals surface area contributed by atoms with Gasteiger partial charge in [-0.1, -0.05) is 12.1 Å². The third-order valence-corrected chi connectivity index (χ3v) is 6.95. The van der Waals surface area contributed by atoms with E-state index in [0.717, 1.165) is 51.4 Å². The van der Waals surface area contributed by atoms with E-state index in [-0.39, 0.29) is 23.6 Å². The summed E-state index contributed by atoms with van der Waals surface area (Å²) in [7, 11) is 3.24. The number of methoxy groups -OCH3 is 2. The monoisotopic (exact) mass is 515 g/mol. The third-order valence-electron chi connectivity index (χ3n) is 6.95. The maximum absolute atomic E-state index is 13.6. The van der Waals surface area contributed by atoms with Crippen molar-refractivity contribution in [3.63, 3.8) is 0 Å². The Kier molecular flexibility index (Phi) is 9.99. The van der Waals surface area contributed by atoms with E-state index in [4.69, 9.17) is 18.9 Å². The molecule has 8 nitrogen and oxygen atoms in total. The van der Waals surface area contributed by atoms with E-state index in [1.807, 2.05) is 18.2 Å². The fourth-order valence-electron chi connectivity index (χ4n) is 5.06. The first-order valence-corrected chi connectivity index (χ1v) is 12.9. The lowest BCUT2D eigenvalue weighted by Gasteiger charge is -2.37. The van der Waals surface area contributed by atoms with Crippen LogP contribution in [0.25, 0.3) is 0 Å². The summed E-state index contributed by atoms with van der Waals surface area (Å²) in [6.45, 7) is 7.27. The number of piperidine rings is 1. The first-order valence-electron chi connectivity index (χ1n) is 12.9. The number of benzene rings is 2. The summed E-state index contributed by atoms with van der Waals surface area (Å²) in [6.07, 6.45) is 0.723. The van der Waals surface area contributed by atoms with Crippen molar-refractivity contribution in [2.75, 3.05) is 73.3 Å². The van der Waals surface area contributed by atoms with Gasteiger partial charge < -0.3 is 24.3 Å². The Balaban J connectivity index is 1.39. The summed E-state index contributed by atoms with van der Waals surface area (Å²) in [5, 5.41) is 3.14. The van der Waals surface area contributed by atoms with Crippen LogP contribution in [0.1, 0.15) is 12.0 Å². The lowest BCUT2D eigenvalue weighted by Crippen LogP contribution is -2.48. The number of nitrogens with zero attached hydrogens (tertiary/aromatic N) is 2. The number of halogens is 1. The van der Waals surface area contributed by atoms with Crippen molar-refractivity contribution >= 4 is 5.91 Å². The van der Waals surface area contributed by atoms with Crippen LogP contribution in [0, 0.1) is 17.7 Å². The van der Waals surface area contributed by atoms with Gasteiger partial charge in [-0.05, 0) is 36.2 Å². The number of morpholine rings is 1. The number of hydrogen-bond acceptors (Lipinski definition) is 7. The lowest BCUT2D eigenvalue weighted by atomic mass is 9.88. The average molecular weight is 516 g/mol. The van der Waals surface area contributed by atoms with Crippen molar-refractivity contribution < 1.29 is 28.1 Å². The van der Waals surface area contributed by atoms with Crippen molar-refractivity contribution in [2.45, 2.75) is 13.0 Å². The van der Waals surface area contributed by atoms with Gasteiger partial charge in [-0.3, -0.25) is 14.6 Å². The fourth-order valence-corrected chi connectivity index (χ4v) is 5.06. The standard InChI is InChI=1S/C28H38FN3O5/c1-34-26-7-6-21(15-27(26)35-2)17-32-18-22(20-37-25-5-3-4-24(29)16-25)14-23(19-32)28(33)30-8-9-31-10-12-36-13-11-31/h3-7,15-16,22-23H,8-14,17-20H2,1-2H3,(H,30,33)/t22-,23+/m0/s1. The van der Waals surface area contributed by atoms with Gasteiger partial charge in [0.05, 0.1) is 40.0 Å². The van der Waals surface area contributed by atoms with Crippen molar-refractivity contribution in [1.82, 2.24) is 15.1 Å². The van der Waals surface area contributed by atoms with Gasteiger partial charge in [-0.25, -0.2) is 4.39 Å². The zero-order valence-electron chi connectivity index (χ0n) is 21.8. The van der Waals surface area contributed by atoms with E-state index < -0.39 is 0 Å². The molecule has 2 saturated heterocycles. The Hall–Kier alpha value is -2.88. The minimum absolute atomic E-state index is 0.0704. The highest BCUT2D eigenvalue weighted by molar-refractivity contribution is 5.79. The Morgan fingerprint density at radius 1 is 1.05 bits per heavy atom. The molecule has 37 heavy (non-hydrogen) atoms. The molecule has 202 valence electrons. The first-order chi connectivity index (χ1) is 18.0. The molecule has 0 saturated carbocycles. The molecule has 0 radical (unpaired) electrons. The maximum Gasteiger partial charge on any atom is 0.224 e. The van der Waals surface area contributed by atoms with Crippen LogP contribution in [0.2, 0.25) is 0 Å². The van der Waals surface area contributed by atoms with Gasteiger partial charge in [0.15, 0.2) is 11.5 Å². The van der Waals surface area contributed by atoms with Gasteiger partial charge >= 0.3 is 0 Å². The number of likely N-dealkylation sites (tertiary alicyclic amines) is 1. The van der Waals surface area contributed by atoms with Crippen LogP contribution in [0.5, 0.6) is 17.2 Å². The highest BCUT2D eigenvalue weighted by atomic mass is 19.1. The van der Waals surface area contributed by atoms with Crippen LogP contribution in [0.3, 0.4) is 0 Å². The zero-order valence-corrected chi connectivity index (χ0v) is 21.8. The highest BCUT2D eigenvalue weighted by Crippen LogP contribution is 2.30. The number of rotatable bonds is 11. The summed E-state index contributed by atoms with van der Waals surface area (Å²) in [5.74, 6) is 1.59. The molecule has 0 unspecified atom stereocenters. The van der Waals surface area contributed by atoms with Gasteiger partial charge in [0.25, 0.3) is 0 Å². The summed E-state index contributed by atoms with van der Waals surface area (Å²) >= 11 is 0. The van der Waals surface area contributed by atoms with E-state index in [9.17, 15) is 9.18 Å². The number of hydrogen-bond donors (Lipinski definition) is 1.